The van der Waals surface area contributed by atoms with Gasteiger partial charge in [-0.2, -0.15) is 0 Å². The molecule has 1 aromatic carbocycles. The summed E-state index contributed by atoms with van der Waals surface area (Å²) in [5, 5.41) is 0.202. The molecule has 0 N–H and O–H groups in total. The predicted molar refractivity (Wildman–Crippen MR) is 117 cm³/mol. The van der Waals surface area contributed by atoms with Crippen LogP contribution in [-0.2, 0) is 4.79 Å². The van der Waals surface area contributed by atoms with E-state index in [9.17, 15) is 4.79 Å². The Morgan fingerprint density at radius 2 is 1.27 bits per heavy atom. The number of carbonyl (C=O) groups is 1. The molecule has 0 fully saturated rings. The summed E-state index contributed by atoms with van der Waals surface area (Å²) in [6.07, 6.45) is 4.08. The maximum atomic E-state index is 10.7. The zero-order valence-electron chi connectivity index (χ0n) is 18.2. The average molecular weight is 393 g/mol. The lowest BCUT2D eigenvalue weighted by Crippen LogP contribution is -2.45. The zero-order chi connectivity index (χ0) is 20.4. The van der Waals surface area contributed by atoms with E-state index in [-0.39, 0.29) is 10.1 Å². The number of hydrogen-bond donors (Lipinski definition) is 0. The summed E-state index contributed by atoms with van der Waals surface area (Å²) in [5.41, 5.74) is 0.938. The molecular weight excluding hydrogens is 356 g/mol. The molecule has 146 valence electrons. The van der Waals surface area contributed by atoms with Gasteiger partial charge in [0, 0.05) is 0 Å². The van der Waals surface area contributed by atoms with Gasteiger partial charge in [0.1, 0.15) is 17.8 Å². The van der Waals surface area contributed by atoms with Gasteiger partial charge in [0.05, 0.1) is 0 Å². The van der Waals surface area contributed by atoms with Gasteiger partial charge in [-0.15, -0.1) is 0 Å². The number of hydrogen-bond acceptors (Lipinski definition) is 3. The number of carbonyl (C=O) groups excluding carboxylic acids is 1. The van der Waals surface area contributed by atoms with E-state index in [1.165, 1.54) is 6.08 Å². The van der Waals surface area contributed by atoms with E-state index in [4.69, 9.17) is 8.85 Å². The minimum Gasteiger partial charge on any atom is -0.541 e. The second kappa shape index (κ2) is 7.73. The normalized spacial score (nSPS) is 13.8. The molecule has 0 aliphatic rings. The van der Waals surface area contributed by atoms with Gasteiger partial charge in [-0.1, -0.05) is 53.7 Å². The van der Waals surface area contributed by atoms with E-state index in [0.717, 1.165) is 23.3 Å². The largest absolute Gasteiger partial charge is 0.541 e. The molecule has 0 aliphatic carbocycles. The SMILES string of the molecule is CC(C)(C)[Si](C)(C)Oc1ccc(/C=C/C=O)cc1O[Si](C)(C)C(C)(C)C. The first-order valence-corrected chi connectivity index (χ1v) is 15.1. The summed E-state index contributed by atoms with van der Waals surface area (Å²) in [7, 11) is -3.99. The van der Waals surface area contributed by atoms with Gasteiger partial charge < -0.3 is 8.85 Å². The molecule has 0 unspecified atom stereocenters. The monoisotopic (exact) mass is 392 g/mol. The molecule has 0 spiro atoms. The van der Waals surface area contributed by atoms with Gasteiger partial charge in [0.2, 0.25) is 0 Å². The van der Waals surface area contributed by atoms with Crippen LogP contribution in [-0.4, -0.2) is 22.9 Å². The van der Waals surface area contributed by atoms with Gasteiger partial charge >= 0.3 is 0 Å². The maximum Gasteiger partial charge on any atom is 0.250 e. The van der Waals surface area contributed by atoms with E-state index < -0.39 is 16.6 Å². The van der Waals surface area contributed by atoms with Crippen molar-refractivity contribution < 1.29 is 13.6 Å². The Hall–Kier alpha value is -1.34. The summed E-state index contributed by atoms with van der Waals surface area (Å²) in [6.45, 7) is 22.3. The number of allylic oxidation sites excluding steroid dienone is 1. The topological polar surface area (TPSA) is 35.5 Å². The van der Waals surface area contributed by atoms with Crippen LogP contribution in [0.15, 0.2) is 24.3 Å². The van der Waals surface area contributed by atoms with Gasteiger partial charge in [0.15, 0.2) is 0 Å². The van der Waals surface area contributed by atoms with Crippen molar-refractivity contribution in [1.82, 2.24) is 0 Å². The van der Waals surface area contributed by atoms with Gasteiger partial charge in [-0.3, -0.25) is 4.79 Å². The molecule has 0 aliphatic heterocycles. The summed E-state index contributed by atoms with van der Waals surface area (Å²) in [4.78, 5) is 10.7. The van der Waals surface area contributed by atoms with Crippen LogP contribution in [0.3, 0.4) is 0 Å². The van der Waals surface area contributed by atoms with Gasteiger partial charge in [-0.25, -0.2) is 0 Å². The quantitative estimate of drug-likeness (QED) is 0.308. The molecule has 5 heteroatoms. The van der Waals surface area contributed by atoms with Crippen molar-refractivity contribution in [1.29, 1.82) is 0 Å². The molecule has 0 atom stereocenters. The van der Waals surface area contributed by atoms with Crippen molar-refractivity contribution in [3.05, 3.63) is 29.8 Å². The first kappa shape index (κ1) is 22.7. The summed E-state index contributed by atoms with van der Waals surface area (Å²) < 4.78 is 13.1. The fourth-order valence-electron chi connectivity index (χ4n) is 1.80. The highest BCUT2D eigenvalue weighted by molar-refractivity contribution is 6.75. The molecule has 0 radical (unpaired) electrons. The van der Waals surface area contributed by atoms with Crippen LogP contribution in [0.2, 0.25) is 36.3 Å². The minimum absolute atomic E-state index is 0.0931. The first-order chi connectivity index (χ1) is 11.6. The Bertz CT molecular complexity index is 663. The highest BCUT2D eigenvalue weighted by Crippen LogP contribution is 2.43. The Kier molecular flexibility index (Phi) is 6.75. The minimum atomic E-state index is -2.01. The number of aldehydes is 1. The van der Waals surface area contributed by atoms with E-state index in [1.54, 1.807) is 6.08 Å². The van der Waals surface area contributed by atoms with Crippen molar-refractivity contribution in [2.45, 2.75) is 77.8 Å². The summed E-state index contributed by atoms with van der Waals surface area (Å²) >= 11 is 0. The third-order valence-electron chi connectivity index (χ3n) is 5.68. The highest BCUT2D eigenvalue weighted by Gasteiger charge is 2.42. The highest BCUT2D eigenvalue weighted by atomic mass is 28.4. The van der Waals surface area contributed by atoms with Crippen molar-refractivity contribution in [3.63, 3.8) is 0 Å². The van der Waals surface area contributed by atoms with Crippen molar-refractivity contribution in [3.8, 4) is 11.5 Å². The Labute approximate surface area is 162 Å². The average Bonchev–Trinajstić information content (AvgIpc) is 2.44. The van der Waals surface area contributed by atoms with Gasteiger partial charge in [0.25, 0.3) is 16.6 Å². The number of benzene rings is 1. The van der Waals surface area contributed by atoms with Crippen LogP contribution in [0.25, 0.3) is 6.08 Å². The Balaban J connectivity index is 3.37. The van der Waals surface area contributed by atoms with E-state index in [2.05, 4.69) is 67.7 Å². The Morgan fingerprint density at radius 1 is 0.808 bits per heavy atom. The number of rotatable bonds is 6. The summed E-state index contributed by atoms with van der Waals surface area (Å²) in [5.74, 6) is 1.60. The zero-order valence-corrected chi connectivity index (χ0v) is 20.2. The molecule has 0 amide bonds. The molecule has 0 heterocycles. The lowest BCUT2D eigenvalue weighted by Gasteiger charge is -2.39. The smallest absolute Gasteiger partial charge is 0.250 e. The third-order valence-corrected chi connectivity index (χ3v) is 14.4. The van der Waals surface area contributed by atoms with E-state index >= 15 is 0 Å². The van der Waals surface area contributed by atoms with Crippen molar-refractivity contribution >= 4 is 29.0 Å². The molecule has 3 nitrogen and oxygen atoms in total. The second-order valence-electron chi connectivity index (χ2n) is 9.93. The van der Waals surface area contributed by atoms with Crippen LogP contribution < -0.4 is 8.85 Å². The molecule has 0 aromatic heterocycles. The fraction of sp³-hybridized carbons (Fsp3) is 0.571. The Morgan fingerprint density at radius 3 is 1.69 bits per heavy atom. The molecular formula is C21H36O3Si2. The molecule has 1 rings (SSSR count). The fourth-order valence-corrected chi connectivity index (χ4v) is 3.84. The van der Waals surface area contributed by atoms with E-state index in [1.807, 2.05) is 18.2 Å². The van der Waals surface area contributed by atoms with E-state index in [0.29, 0.717) is 0 Å². The lowest BCUT2D eigenvalue weighted by atomic mass is 10.2. The van der Waals surface area contributed by atoms with Gasteiger partial charge in [-0.05, 0) is 60.0 Å². The molecule has 0 saturated heterocycles. The third kappa shape index (κ3) is 5.58. The summed E-state index contributed by atoms with van der Waals surface area (Å²) in [6, 6.07) is 5.94. The van der Waals surface area contributed by atoms with Crippen LogP contribution in [0, 0.1) is 0 Å². The standard InChI is InChI=1S/C21H36O3Si2/c1-20(2,3)25(7,8)23-18-14-13-17(12-11-15-22)16-19(18)24-26(9,10)21(4,5)6/h11-16H,1-10H3/b12-11+. The van der Waals surface area contributed by atoms with Crippen LogP contribution >= 0.6 is 0 Å². The van der Waals surface area contributed by atoms with Crippen molar-refractivity contribution in [2.75, 3.05) is 0 Å². The predicted octanol–water partition coefficient (Wildman–Crippen LogP) is 6.67. The second-order valence-corrected chi connectivity index (χ2v) is 19.4. The molecule has 26 heavy (non-hydrogen) atoms. The molecule has 0 bridgehead atoms. The van der Waals surface area contributed by atoms with Crippen molar-refractivity contribution in [2.24, 2.45) is 0 Å². The van der Waals surface area contributed by atoms with Crippen LogP contribution in [0.5, 0.6) is 11.5 Å². The van der Waals surface area contributed by atoms with Crippen LogP contribution in [0.1, 0.15) is 47.1 Å². The van der Waals surface area contributed by atoms with Crippen LogP contribution in [0.4, 0.5) is 0 Å². The maximum absolute atomic E-state index is 10.7. The molecule has 1 aromatic rings. The lowest BCUT2D eigenvalue weighted by molar-refractivity contribution is -0.104. The first-order valence-electron chi connectivity index (χ1n) is 9.25. The molecule has 0 saturated carbocycles.